The van der Waals surface area contributed by atoms with E-state index >= 15 is 0 Å². The summed E-state index contributed by atoms with van der Waals surface area (Å²) >= 11 is 1.37. The Balaban J connectivity index is 1.62. The van der Waals surface area contributed by atoms with E-state index in [-0.39, 0.29) is 5.91 Å². The van der Waals surface area contributed by atoms with Crippen molar-refractivity contribution in [3.05, 3.63) is 70.7 Å². The Labute approximate surface area is 173 Å². The average molecular weight is 410 g/mol. The van der Waals surface area contributed by atoms with Crippen molar-refractivity contribution in [2.75, 3.05) is 0 Å². The van der Waals surface area contributed by atoms with E-state index in [0.717, 1.165) is 16.1 Å². The lowest BCUT2D eigenvalue weighted by molar-refractivity contribution is -0.152. The molecule has 1 aromatic heterocycles. The van der Waals surface area contributed by atoms with Gasteiger partial charge >= 0.3 is 5.97 Å². The second-order valence-electron chi connectivity index (χ2n) is 7.04. The van der Waals surface area contributed by atoms with Crippen molar-refractivity contribution in [1.82, 2.24) is 10.3 Å². The SMILES string of the molecule is Cc1nc(-c2ccccc2)sc1C(=O)NCc1ccc(OC(C)(C)C(=O)O)cc1. The van der Waals surface area contributed by atoms with E-state index < -0.39 is 11.6 Å². The molecule has 6 nitrogen and oxygen atoms in total. The minimum Gasteiger partial charge on any atom is -0.478 e. The number of nitrogens with one attached hydrogen (secondary N) is 1. The van der Waals surface area contributed by atoms with Crippen LogP contribution < -0.4 is 10.1 Å². The molecule has 0 aliphatic carbocycles. The largest absolute Gasteiger partial charge is 0.478 e. The van der Waals surface area contributed by atoms with Gasteiger partial charge in [-0.1, -0.05) is 42.5 Å². The van der Waals surface area contributed by atoms with Crippen molar-refractivity contribution in [2.24, 2.45) is 0 Å². The first-order valence-corrected chi connectivity index (χ1v) is 9.90. The molecule has 0 atom stereocenters. The van der Waals surface area contributed by atoms with Crippen molar-refractivity contribution in [1.29, 1.82) is 0 Å². The molecule has 7 heteroatoms. The molecule has 0 saturated heterocycles. The first kappa shape index (κ1) is 20.5. The highest BCUT2D eigenvalue weighted by atomic mass is 32.1. The summed E-state index contributed by atoms with van der Waals surface area (Å²) in [6.45, 7) is 5.16. The fraction of sp³-hybridized carbons (Fsp3) is 0.227. The minimum atomic E-state index is -1.31. The molecule has 1 heterocycles. The summed E-state index contributed by atoms with van der Waals surface area (Å²) in [7, 11) is 0. The van der Waals surface area contributed by atoms with E-state index in [4.69, 9.17) is 9.84 Å². The topological polar surface area (TPSA) is 88.5 Å². The molecule has 0 bridgehead atoms. The second kappa shape index (κ2) is 8.45. The molecule has 29 heavy (non-hydrogen) atoms. The number of ether oxygens (including phenoxy) is 1. The minimum absolute atomic E-state index is 0.172. The van der Waals surface area contributed by atoms with Gasteiger partial charge in [0.05, 0.1) is 5.69 Å². The molecular formula is C22H22N2O4S. The molecule has 150 valence electrons. The Morgan fingerprint density at radius 2 is 1.76 bits per heavy atom. The highest BCUT2D eigenvalue weighted by Crippen LogP contribution is 2.27. The number of benzene rings is 2. The van der Waals surface area contributed by atoms with E-state index in [1.807, 2.05) is 37.3 Å². The summed E-state index contributed by atoms with van der Waals surface area (Å²) in [5.41, 5.74) is 1.26. The van der Waals surface area contributed by atoms with Crippen LogP contribution in [-0.2, 0) is 11.3 Å². The molecule has 3 aromatic rings. The van der Waals surface area contributed by atoms with E-state index in [0.29, 0.717) is 22.9 Å². The van der Waals surface area contributed by atoms with Crippen LogP contribution in [0.25, 0.3) is 10.6 Å². The van der Waals surface area contributed by atoms with Gasteiger partial charge in [0.1, 0.15) is 15.6 Å². The molecule has 0 aliphatic rings. The number of carbonyl (C=O) groups excluding carboxylic acids is 1. The lowest BCUT2D eigenvalue weighted by Crippen LogP contribution is -2.37. The quantitative estimate of drug-likeness (QED) is 0.607. The highest BCUT2D eigenvalue weighted by molar-refractivity contribution is 7.17. The van der Waals surface area contributed by atoms with Crippen LogP contribution in [0.15, 0.2) is 54.6 Å². The fourth-order valence-corrected chi connectivity index (χ4v) is 3.58. The Morgan fingerprint density at radius 1 is 1.10 bits per heavy atom. The van der Waals surface area contributed by atoms with Crippen LogP contribution in [0.1, 0.15) is 34.8 Å². The van der Waals surface area contributed by atoms with Crippen LogP contribution in [0.3, 0.4) is 0 Å². The van der Waals surface area contributed by atoms with Gasteiger partial charge in [-0.3, -0.25) is 4.79 Å². The molecule has 0 aliphatic heterocycles. The number of carboxylic acids is 1. The molecule has 0 unspecified atom stereocenters. The standard InChI is InChI=1S/C22H22N2O4S/c1-14-18(29-20(24-14)16-7-5-4-6-8-16)19(25)23-13-15-9-11-17(12-10-15)28-22(2,3)21(26)27/h4-12H,13H2,1-3H3,(H,23,25)(H,26,27). The fourth-order valence-electron chi connectivity index (χ4n) is 2.59. The Morgan fingerprint density at radius 3 is 2.38 bits per heavy atom. The van der Waals surface area contributed by atoms with Crippen molar-refractivity contribution in [3.8, 4) is 16.3 Å². The maximum absolute atomic E-state index is 12.6. The van der Waals surface area contributed by atoms with E-state index in [2.05, 4.69) is 10.3 Å². The number of carbonyl (C=O) groups is 2. The monoisotopic (exact) mass is 410 g/mol. The maximum Gasteiger partial charge on any atom is 0.347 e. The average Bonchev–Trinajstić information content (AvgIpc) is 3.09. The van der Waals surface area contributed by atoms with Crippen LogP contribution in [0.2, 0.25) is 0 Å². The zero-order valence-corrected chi connectivity index (χ0v) is 17.2. The summed E-state index contributed by atoms with van der Waals surface area (Å²) in [5, 5.41) is 12.8. The van der Waals surface area contributed by atoms with Gasteiger partial charge in [-0.05, 0) is 38.5 Å². The number of nitrogens with zero attached hydrogens (tertiary/aromatic N) is 1. The predicted molar refractivity (Wildman–Crippen MR) is 112 cm³/mol. The number of aryl methyl sites for hydroxylation is 1. The van der Waals surface area contributed by atoms with Gasteiger partial charge in [0.15, 0.2) is 5.60 Å². The van der Waals surface area contributed by atoms with Crippen molar-refractivity contribution in [2.45, 2.75) is 32.9 Å². The third kappa shape index (κ3) is 5.00. The molecule has 0 saturated carbocycles. The van der Waals surface area contributed by atoms with Gasteiger partial charge in [0.2, 0.25) is 0 Å². The number of amides is 1. The normalized spacial score (nSPS) is 11.1. The third-order valence-corrected chi connectivity index (χ3v) is 5.49. The second-order valence-corrected chi connectivity index (χ2v) is 8.04. The van der Waals surface area contributed by atoms with Gasteiger partial charge in [0, 0.05) is 12.1 Å². The van der Waals surface area contributed by atoms with Gasteiger partial charge in [-0.15, -0.1) is 11.3 Å². The van der Waals surface area contributed by atoms with E-state index in [1.54, 1.807) is 24.3 Å². The lowest BCUT2D eigenvalue weighted by atomic mass is 10.1. The van der Waals surface area contributed by atoms with Gasteiger partial charge in [0.25, 0.3) is 5.91 Å². The van der Waals surface area contributed by atoms with Crippen molar-refractivity contribution < 1.29 is 19.4 Å². The maximum atomic E-state index is 12.6. The van der Waals surface area contributed by atoms with Crippen LogP contribution in [0.5, 0.6) is 5.75 Å². The van der Waals surface area contributed by atoms with Gasteiger partial charge in [-0.25, -0.2) is 9.78 Å². The highest BCUT2D eigenvalue weighted by Gasteiger charge is 2.29. The Bertz CT molecular complexity index is 1010. The first-order valence-electron chi connectivity index (χ1n) is 9.08. The summed E-state index contributed by atoms with van der Waals surface area (Å²) < 4.78 is 5.48. The van der Waals surface area contributed by atoms with Crippen LogP contribution in [0.4, 0.5) is 0 Å². The molecule has 0 spiro atoms. The zero-order chi connectivity index (χ0) is 21.0. The molecule has 3 rings (SSSR count). The van der Waals surface area contributed by atoms with Crippen LogP contribution >= 0.6 is 11.3 Å². The summed E-state index contributed by atoms with van der Waals surface area (Å²) in [6.07, 6.45) is 0. The van der Waals surface area contributed by atoms with Crippen molar-refractivity contribution >= 4 is 23.2 Å². The Kier molecular flexibility index (Phi) is 5.98. The number of thiazole rings is 1. The Hall–Kier alpha value is -3.19. The molecule has 2 N–H and O–H groups in total. The number of aliphatic carboxylic acids is 1. The predicted octanol–water partition coefficient (Wildman–Crippen LogP) is 4.29. The first-order chi connectivity index (χ1) is 13.8. The summed E-state index contributed by atoms with van der Waals surface area (Å²) in [5.74, 6) is -0.753. The molecule has 0 radical (unpaired) electrons. The van der Waals surface area contributed by atoms with E-state index in [9.17, 15) is 9.59 Å². The molecular weight excluding hydrogens is 388 g/mol. The summed E-state index contributed by atoms with van der Waals surface area (Å²) in [4.78, 5) is 28.8. The lowest BCUT2D eigenvalue weighted by Gasteiger charge is -2.21. The number of aromatic nitrogens is 1. The number of hydrogen-bond donors (Lipinski definition) is 2. The molecule has 1 amide bonds. The van der Waals surface area contributed by atoms with Gasteiger partial charge < -0.3 is 15.2 Å². The number of hydrogen-bond acceptors (Lipinski definition) is 5. The zero-order valence-electron chi connectivity index (χ0n) is 16.4. The third-order valence-electron chi connectivity index (χ3n) is 4.29. The van der Waals surface area contributed by atoms with E-state index in [1.165, 1.54) is 25.2 Å². The van der Waals surface area contributed by atoms with Crippen LogP contribution in [0, 0.1) is 6.92 Å². The van der Waals surface area contributed by atoms with Gasteiger partial charge in [-0.2, -0.15) is 0 Å². The molecule has 0 fully saturated rings. The van der Waals surface area contributed by atoms with Crippen molar-refractivity contribution in [3.63, 3.8) is 0 Å². The summed E-state index contributed by atoms with van der Waals surface area (Å²) in [6, 6.07) is 16.7. The number of carboxylic acid groups (broad SMARTS) is 1. The van der Waals surface area contributed by atoms with Crippen LogP contribution in [-0.4, -0.2) is 27.6 Å². The molecule has 2 aromatic carbocycles. The smallest absolute Gasteiger partial charge is 0.347 e. The number of rotatable bonds is 7.